The van der Waals surface area contributed by atoms with Crippen LogP contribution in [0.1, 0.15) is 17.3 Å². The maximum absolute atomic E-state index is 13.3. The van der Waals surface area contributed by atoms with E-state index in [4.69, 9.17) is 5.14 Å². The van der Waals surface area contributed by atoms with Crippen LogP contribution >= 0.6 is 11.8 Å². The first-order chi connectivity index (χ1) is 12.7. The van der Waals surface area contributed by atoms with Crippen molar-refractivity contribution in [2.45, 2.75) is 23.5 Å². The summed E-state index contributed by atoms with van der Waals surface area (Å²) in [5.41, 5.74) is 1.20. The summed E-state index contributed by atoms with van der Waals surface area (Å²) in [6.07, 6.45) is 0. The van der Waals surface area contributed by atoms with Crippen LogP contribution in [0.15, 0.2) is 46.5 Å². The minimum atomic E-state index is -3.85. The lowest BCUT2D eigenvalue weighted by Gasteiger charge is -2.06. The Morgan fingerprint density at radius 3 is 2.56 bits per heavy atom. The van der Waals surface area contributed by atoms with Gasteiger partial charge in [-0.15, -0.1) is 0 Å². The van der Waals surface area contributed by atoms with Crippen LogP contribution in [-0.4, -0.2) is 29.5 Å². The number of thioether (sulfide) groups is 1. The van der Waals surface area contributed by atoms with Crippen molar-refractivity contribution in [3.63, 3.8) is 0 Å². The van der Waals surface area contributed by atoms with Gasteiger partial charge in [0.1, 0.15) is 0 Å². The molecule has 0 saturated heterocycles. The summed E-state index contributed by atoms with van der Waals surface area (Å²) in [5, 5.41) is 5.65. The highest BCUT2D eigenvalue weighted by Gasteiger charge is 2.16. The van der Waals surface area contributed by atoms with E-state index in [0.29, 0.717) is 22.7 Å². The topological polar surface area (TPSA) is 95.0 Å². The van der Waals surface area contributed by atoms with Crippen LogP contribution in [0, 0.1) is 11.6 Å². The van der Waals surface area contributed by atoms with Crippen LogP contribution in [0.2, 0.25) is 0 Å². The second-order valence-electron chi connectivity index (χ2n) is 5.67. The van der Waals surface area contributed by atoms with E-state index in [1.807, 2.05) is 11.5 Å². The van der Waals surface area contributed by atoms with Crippen LogP contribution < -0.4 is 5.14 Å². The zero-order chi connectivity index (χ0) is 19.8. The quantitative estimate of drug-likeness (QED) is 0.497. The van der Waals surface area contributed by atoms with E-state index >= 15 is 0 Å². The van der Waals surface area contributed by atoms with Crippen molar-refractivity contribution >= 4 is 38.6 Å². The van der Waals surface area contributed by atoms with Crippen LogP contribution in [0.4, 0.5) is 8.78 Å². The summed E-state index contributed by atoms with van der Waals surface area (Å²) < 4.78 is 51.1. The molecule has 0 atom stereocenters. The van der Waals surface area contributed by atoms with E-state index in [1.54, 1.807) is 6.07 Å². The lowest BCUT2D eigenvalue weighted by atomic mass is 10.1. The minimum absolute atomic E-state index is 0.0313. The molecule has 0 saturated carbocycles. The first-order valence-electron chi connectivity index (χ1n) is 7.85. The Kier molecular flexibility index (Phi) is 5.31. The number of fused-ring (bicyclic) bond motifs is 1. The maximum atomic E-state index is 13.3. The second-order valence-corrected chi connectivity index (χ2v) is 8.18. The normalized spacial score (nSPS) is 11.9. The van der Waals surface area contributed by atoms with E-state index in [2.05, 4.69) is 4.98 Å². The van der Waals surface area contributed by atoms with Gasteiger partial charge in [0.2, 0.25) is 10.0 Å². The average Bonchev–Trinajstić information content (AvgIpc) is 2.97. The molecule has 1 heterocycles. The highest BCUT2D eigenvalue weighted by atomic mass is 32.2. The molecule has 3 aromatic rings. The number of Topliss-reactive ketones (excluding diaryl/α,β-unsaturated/α-hetero) is 1. The first kappa shape index (κ1) is 19.5. The van der Waals surface area contributed by atoms with Crippen LogP contribution in [0.25, 0.3) is 11.0 Å². The zero-order valence-corrected chi connectivity index (χ0v) is 15.8. The van der Waals surface area contributed by atoms with Gasteiger partial charge in [-0.3, -0.25) is 4.79 Å². The van der Waals surface area contributed by atoms with Crippen LogP contribution in [0.5, 0.6) is 0 Å². The molecule has 0 fully saturated rings. The fraction of sp³-hybridized carbons (Fsp3) is 0.176. The van der Waals surface area contributed by atoms with Gasteiger partial charge < -0.3 is 4.57 Å². The van der Waals surface area contributed by atoms with Crippen molar-refractivity contribution in [1.82, 2.24) is 9.55 Å². The Bertz CT molecular complexity index is 1140. The highest BCUT2D eigenvalue weighted by molar-refractivity contribution is 7.99. The Labute approximate surface area is 158 Å². The zero-order valence-electron chi connectivity index (χ0n) is 14.1. The molecule has 0 radical (unpaired) electrons. The number of benzene rings is 2. The number of hydrogen-bond donors (Lipinski definition) is 1. The number of halogens is 2. The molecule has 0 unspecified atom stereocenters. The van der Waals surface area contributed by atoms with E-state index < -0.39 is 21.7 Å². The smallest absolute Gasteiger partial charge is 0.238 e. The average molecular weight is 411 g/mol. The summed E-state index contributed by atoms with van der Waals surface area (Å²) in [7, 11) is -3.85. The van der Waals surface area contributed by atoms with E-state index in [1.165, 1.54) is 18.2 Å². The number of ketones is 1. The molecule has 3 rings (SSSR count). The number of rotatable bonds is 6. The van der Waals surface area contributed by atoms with Crippen LogP contribution in [-0.2, 0) is 16.6 Å². The fourth-order valence-electron chi connectivity index (χ4n) is 2.56. The van der Waals surface area contributed by atoms with Gasteiger partial charge >= 0.3 is 0 Å². The SMILES string of the molecule is CCn1c(SCC(=O)c2ccc(F)c(F)c2)nc2cc(S(N)(=O)=O)ccc21. The fourth-order valence-corrected chi connectivity index (χ4v) is 4.07. The van der Waals surface area contributed by atoms with Crippen molar-refractivity contribution in [3.8, 4) is 0 Å². The number of nitrogens with zero attached hydrogens (tertiary/aromatic N) is 2. The Balaban J connectivity index is 1.87. The maximum Gasteiger partial charge on any atom is 0.238 e. The number of hydrogen-bond acceptors (Lipinski definition) is 5. The number of nitrogens with two attached hydrogens (primary N) is 1. The van der Waals surface area contributed by atoms with E-state index in [0.717, 1.165) is 23.9 Å². The van der Waals surface area contributed by atoms with Crippen molar-refractivity contribution in [2.75, 3.05) is 5.75 Å². The molecule has 6 nitrogen and oxygen atoms in total. The molecule has 2 aromatic carbocycles. The molecule has 0 aliphatic rings. The number of carbonyl (C=O) groups excluding carboxylic acids is 1. The van der Waals surface area contributed by atoms with Crippen molar-refractivity contribution in [1.29, 1.82) is 0 Å². The summed E-state index contributed by atoms with van der Waals surface area (Å²) in [6.45, 7) is 2.43. The first-order valence-corrected chi connectivity index (χ1v) is 10.4. The molecule has 0 bridgehead atoms. The Hall–Kier alpha value is -2.30. The minimum Gasteiger partial charge on any atom is -0.319 e. The molecule has 0 aliphatic carbocycles. The lowest BCUT2D eigenvalue weighted by Crippen LogP contribution is -2.11. The van der Waals surface area contributed by atoms with Gasteiger partial charge in [-0.25, -0.2) is 27.3 Å². The third-order valence-corrected chi connectivity index (χ3v) is 5.79. The molecular weight excluding hydrogens is 396 g/mol. The third-order valence-electron chi connectivity index (χ3n) is 3.90. The number of primary sulfonamides is 1. The molecular formula is C17H15F2N3O3S2. The number of imidazole rings is 1. The molecule has 1 aromatic heterocycles. The van der Waals surface area contributed by atoms with Gasteiger partial charge in [-0.2, -0.15) is 0 Å². The lowest BCUT2D eigenvalue weighted by molar-refractivity contribution is 0.102. The summed E-state index contributed by atoms with van der Waals surface area (Å²) in [5.74, 6) is -2.50. The molecule has 0 spiro atoms. The molecule has 0 amide bonds. The number of sulfonamides is 1. The standard InChI is InChI=1S/C17H15F2N3O3S2/c1-2-22-15-6-4-11(27(20,24)25)8-14(15)21-17(22)26-9-16(23)10-3-5-12(18)13(19)7-10/h3-8H,2,9H2,1H3,(H2,20,24,25). The molecule has 142 valence electrons. The molecule has 0 aliphatic heterocycles. The largest absolute Gasteiger partial charge is 0.319 e. The van der Waals surface area contributed by atoms with E-state index in [9.17, 15) is 22.0 Å². The van der Waals surface area contributed by atoms with Crippen molar-refractivity contribution < 1.29 is 22.0 Å². The van der Waals surface area contributed by atoms with Crippen LogP contribution in [0.3, 0.4) is 0 Å². The van der Waals surface area contributed by atoms with Gasteiger partial charge in [0.25, 0.3) is 0 Å². The Morgan fingerprint density at radius 2 is 1.93 bits per heavy atom. The van der Waals surface area contributed by atoms with Gasteiger partial charge in [-0.1, -0.05) is 11.8 Å². The second kappa shape index (κ2) is 7.37. The molecule has 2 N–H and O–H groups in total. The number of aromatic nitrogens is 2. The summed E-state index contributed by atoms with van der Waals surface area (Å²) in [6, 6.07) is 7.36. The van der Waals surface area contributed by atoms with Gasteiger partial charge in [-0.05, 0) is 43.3 Å². The number of aryl methyl sites for hydroxylation is 1. The number of carbonyl (C=O) groups is 1. The Morgan fingerprint density at radius 1 is 1.19 bits per heavy atom. The highest BCUT2D eigenvalue weighted by Crippen LogP contribution is 2.26. The third kappa shape index (κ3) is 4.02. The van der Waals surface area contributed by atoms with Gasteiger partial charge in [0.05, 0.1) is 21.7 Å². The summed E-state index contributed by atoms with van der Waals surface area (Å²) >= 11 is 1.13. The molecule has 10 heteroatoms. The predicted molar refractivity (Wildman–Crippen MR) is 98.2 cm³/mol. The predicted octanol–water partition coefficient (Wildman–Crippen LogP) is 2.96. The van der Waals surface area contributed by atoms with Gasteiger partial charge in [0, 0.05) is 12.1 Å². The van der Waals surface area contributed by atoms with E-state index in [-0.39, 0.29) is 22.0 Å². The molecule has 27 heavy (non-hydrogen) atoms. The monoisotopic (exact) mass is 411 g/mol. The van der Waals surface area contributed by atoms with Crippen molar-refractivity contribution in [3.05, 3.63) is 53.6 Å². The van der Waals surface area contributed by atoms with Crippen molar-refractivity contribution in [2.24, 2.45) is 5.14 Å². The summed E-state index contributed by atoms with van der Waals surface area (Å²) in [4.78, 5) is 16.6. The van der Waals surface area contributed by atoms with Gasteiger partial charge in [0.15, 0.2) is 22.6 Å².